The Morgan fingerprint density at radius 3 is 2.30 bits per heavy atom. The lowest BCUT2D eigenvalue weighted by Gasteiger charge is -2.34. The monoisotopic (exact) mass is 510 g/mol. The Balaban J connectivity index is 1.38. The predicted octanol–water partition coefficient (Wildman–Crippen LogP) is 5.67. The van der Waals surface area contributed by atoms with Gasteiger partial charge in [-0.3, -0.25) is 4.57 Å². The average molecular weight is 511 g/mol. The molecule has 194 valence electrons. The van der Waals surface area contributed by atoms with Crippen LogP contribution in [0.5, 0.6) is 0 Å². The summed E-state index contributed by atoms with van der Waals surface area (Å²) in [5.41, 5.74) is 2.72. The second-order valence-corrected chi connectivity index (χ2v) is 9.47. The smallest absolute Gasteiger partial charge is 0.369 e. The molecule has 1 aliphatic heterocycles. The highest BCUT2D eigenvalue weighted by molar-refractivity contribution is 5.77. The Kier molecular flexibility index (Phi) is 6.63. The largest absolute Gasteiger partial charge is 0.416 e. The lowest BCUT2D eigenvalue weighted by molar-refractivity contribution is -0.137. The lowest BCUT2D eigenvalue weighted by atomic mass is 10.2. The summed E-state index contributed by atoms with van der Waals surface area (Å²) in [5.74, 6) is 0.805. The van der Waals surface area contributed by atoms with Gasteiger partial charge in [-0.2, -0.15) is 18.2 Å². The Hall–Kier alpha value is -3.86. The second-order valence-electron chi connectivity index (χ2n) is 9.47. The van der Waals surface area contributed by atoms with Crippen molar-refractivity contribution in [3.05, 3.63) is 60.3 Å². The Bertz CT molecular complexity index is 1370. The van der Waals surface area contributed by atoms with Crippen LogP contribution in [0.2, 0.25) is 0 Å². The van der Waals surface area contributed by atoms with Crippen LogP contribution in [0.4, 0.5) is 42.1 Å². The molecule has 8 nitrogen and oxygen atoms in total. The van der Waals surface area contributed by atoms with E-state index in [2.05, 4.69) is 54.6 Å². The first-order chi connectivity index (χ1) is 17.7. The van der Waals surface area contributed by atoms with Gasteiger partial charge in [0.05, 0.1) is 11.8 Å². The molecule has 1 saturated heterocycles. The zero-order valence-electron chi connectivity index (χ0n) is 20.9. The zero-order chi connectivity index (χ0) is 26.2. The fourth-order valence-corrected chi connectivity index (χ4v) is 4.38. The zero-order valence-corrected chi connectivity index (χ0v) is 20.9. The molecule has 0 bridgehead atoms. The summed E-state index contributed by atoms with van der Waals surface area (Å²) in [6.07, 6.45) is -2.82. The molecule has 2 N–H and O–H groups in total. The number of aromatic nitrogens is 4. The molecule has 2 aromatic carbocycles. The molecule has 2 aromatic heterocycles. The number of anilines is 5. The highest BCUT2D eigenvalue weighted by Gasteiger charge is 2.30. The molecule has 3 heterocycles. The summed E-state index contributed by atoms with van der Waals surface area (Å²) in [4.78, 5) is 18.3. The van der Waals surface area contributed by atoms with Crippen LogP contribution in [-0.2, 0) is 6.18 Å². The minimum absolute atomic E-state index is 0.0519. The minimum Gasteiger partial charge on any atom is -0.369 e. The standard InChI is InChI=1S/C26H29F3N8/c1-17(2)37-23-22(33-25(37)32-20-6-4-5-18(15-20)26(27,28)29)16-30-24(34-23)31-19-7-9-21(10-8-19)36-13-11-35(3)12-14-36/h4-10,15-17H,11-14H2,1-3H3,(H,32,33)(H,30,31,34). The van der Waals surface area contributed by atoms with Crippen molar-refractivity contribution >= 4 is 40.1 Å². The lowest BCUT2D eigenvalue weighted by Crippen LogP contribution is -2.44. The van der Waals surface area contributed by atoms with E-state index in [-0.39, 0.29) is 6.04 Å². The maximum atomic E-state index is 13.2. The van der Waals surface area contributed by atoms with Crippen LogP contribution >= 0.6 is 0 Å². The molecule has 0 saturated carbocycles. The number of benzene rings is 2. The molecule has 1 aliphatic rings. The van der Waals surface area contributed by atoms with Crippen molar-refractivity contribution in [2.24, 2.45) is 0 Å². The summed E-state index contributed by atoms with van der Waals surface area (Å²) in [7, 11) is 2.14. The van der Waals surface area contributed by atoms with Crippen LogP contribution in [0.1, 0.15) is 25.5 Å². The van der Waals surface area contributed by atoms with Gasteiger partial charge in [0, 0.05) is 49.3 Å². The van der Waals surface area contributed by atoms with Gasteiger partial charge in [-0.1, -0.05) is 6.07 Å². The van der Waals surface area contributed by atoms with E-state index in [4.69, 9.17) is 0 Å². The van der Waals surface area contributed by atoms with E-state index in [1.54, 1.807) is 12.3 Å². The maximum absolute atomic E-state index is 13.2. The molecular formula is C26H29F3N8. The fourth-order valence-electron chi connectivity index (χ4n) is 4.38. The van der Waals surface area contributed by atoms with E-state index in [1.807, 2.05) is 30.5 Å². The molecule has 0 spiro atoms. The average Bonchev–Trinajstić information content (AvgIpc) is 3.22. The third kappa shape index (κ3) is 5.46. The number of imidazole rings is 1. The molecular weight excluding hydrogens is 481 g/mol. The predicted molar refractivity (Wildman–Crippen MR) is 140 cm³/mol. The first kappa shape index (κ1) is 24.8. The van der Waals surface area contributed by atoms with Gasteiger partial charge in [-0.25, -0.2) is 9.97 Å². The molecule has 0 atom stereocenters. The number of nitrogens with one attached hydrogen (secondary N) is 2. The Morgan fingerprint density at radius 2 is 1.62 bits per heavy atom. The summed E-state index contributed by atoms with van der Waals surface area (Å²) in [5, 5.41) is 6.27. The highest BCUT2D eigenvalue weighted by Crippen LogP contribution is 2.32. The van der Waals surface area contributed by atoms with Gasteiger partial charge in [0.1, 0.15) is 5.52 Å². The van der Waals surface area contributed by atoms with E-state index >= 15 is 0 Å². The van der Waals surface area contributed by atoms with Gasteiger partial charge >= 0.3 is 6.18 Å². The molecule has 0 unspecified atom stereocenters. The van der Waals surface area contributed by atoms with E-state index in [9.17, 15) is 13.2 Å². The molecule has 1 fully saturated rings. The number of hydrogen-bond acceptors (Lipinski definition) is 7. The minimum atomic E-state index is -4.43. The van der Waals surface area contributed by atoms with E-state index in [0.29, 0.717) is 28.7 Å². The number of likely N-dealkylation sites (N-methyl/N-ethyl adjacent to an activating group) is 1. The number of halogens is 3. The SMILES string of the molecule is CC(C)n1c(Nc2cccc(C(F)(F)F)c2)nc2cnc(Nc3ccc(N4CCN(C)CC4)cc3)nc21. The number of piperazine rings is 1. The molecule has 0 amide bonds. The summed E-state index contributed by atoms with van der Waals surface area (Å²) in [6, 6.07) is 13.2. The molecule has 0 radical (unpaired) electrons. The topological polar surface area (TPSA) is 74.1 Å². The van der Waals surface area contributed by atoms with Gasteiger partial charge in [0.2, 0.25) is 11.9 Å². The third-order valence-corrected chi connectivity index (χ3v) is 6.39. The van der Waals surface area contributed by atoms with Gasteiger partial charge < -0.3 is 20.4 Å². The van der Waals surface area contributed by atoms with E-state index < -0.39 is 11.7 Å². The molecule has 11 heteroatoms. The van der Waals surface area contributed by atoms with Crippen molar-refractivity contribution in [3.8, 4) is 0 Å². The van der Waals surface area contributed by atoms with Crippen molar-refractivity contribution in [2.45, 2.75) is 26.1 Å². The third-order valence-electron chi connectivity index (χ3n) is 6.39. The van der Waals surface area contributed by atoms with Crippen molar-refractivity contribution < 1.29 is 13.2 Å². The van der Waals surface area contributed by atoms with Crippen LogP contribution in [0.3, 0.4) is 0 Å². The number of rotatable bonds is 6. The van der Waals surface area contributed by atoms with Gasteiger partial charge in [-0.05, 0) is 63.4 Å². The first-order valence-electron chi connectivity index (χ1n) is 12.2. The Labute approximate surface area is 213 Å². The normalized spacial score (nSPS) is 14.9. The van der Waals surface area contributed by atoms with Crippen molar-refractivity contribution in [1.82, 2.24) is 24.4 Å². The fraction of sp³-hybridized carbons (Fsp3) is 0.346. The maximum Gasteiger partial charge on any atom is 0.416 e. The van der Waals surface area contributed by atoms with Crippen molar-refractivity contribution in [1.29, 1.82) is 0 Å². The van der Waals surface area contributed by atoms with Crippen molar-refractivity contribution in [2.75, 3.05) is 48.8 Å². The van der Waals surface area contributed by atoms with E-state index in [0.717, 1.165) is 44.0 Å². The second kappa shape index (κ2) is 9.89. The Morgan fingerprint density at radius 1 is 0.892 bits per heavy atom. The summed E-state index contributed by atoms with van der Waals surface area (Å²) >= 11 is 0. The molecule has 4 aromatic rings. The van der Waals surface area contributed by atoms with Gasteiger partial charge in [0.15, 0.2) is 5.65 Å². The van der Waals surface area contributed by atoms with Crippen LogP contribution in [0, 0.1) is 0 Å². The van der Waals surface area contributed by atoms with E-state index in [1.165, 1.54) is 11.8 Å². The quantitative estimate of drug-likeness (QED) is 0.347. The van der Waals surface area contributed by atoms with Crippen molar-refractivity contribution in [3.63, 3.8) is 0 Å². The number of fused-ring (bicyclic) bond motifs is 1. The molecule has 5 rings (SSSR count). The number of nitrogens with zero attached hydrogens (tertiary/aromatic N) is 6. The van der Waals surface area contributed by atoms with Crippen LogP contribution in [-0.4, -0.2) is 57.6 Å². The first-order valence-corrected chi connectivity index (χ1v) is 12.2. The highest BCUT2D eigenvalue weighted by atomic mass is 19.4. The summed E-state index contributed by atoms with van der Waals surface area (Å²) in [6.45, 7) is 8.01. The van der Waals surface area contributed by atoms with Gasteiger partial charge in [-0.15, -0.1) is 0 Å². The molecule has 37 heavy (non-hydrogen) atoms. The number of alkyl halides is 3. The van der Waals surface area contributed by atoms with Gasteiger partial charge in [0.25, 0.3) is 0 Å². The summed E-state index contributed by atoms with van der Waals surface area (Å²) < 4.78 is 41.3. The number of hydrogen-bond donors (Lipinski definition) is 2. The molecule has 0 aliphatic carbocycles. The van der Waals surface area contributed by atoms with Crippen LogP contribution in [0.15, 0.2) is 54.7 Å². The van der Waals surface area contributed by atoms with Crippen LogP contribution in [0.25, 0.3) is 11.2 Å². The van der Waals surface area contributed by atoms with Crippen LogP contribution < -0.4 is 15.5 Å².